The van der Waals surface area contributed by atoms with Crippen LogP contribution in [0.4, 0.5) is 4.79 Å². The van der Waals surface area contributed by atoms with Crippen molar-refractivity contribution in [2.24, 2.45) is 0 Å². The maximum Gasteiger partial charge on any atom is 0.409 e. The van der Waals surface area contributed by atoms with Gasteiger partial charge in [0.2, 0.25) is 5.91 Å². The van der Waals surface area contributed by atoms with Crippen LogP contribution in [0.2, 0.25) is 0 Å². The van der Waals surface area contributed by atoms with Crippen molar-refractivity contribution in [3.8, 4) is 5.75 Å². The Bertz CT molecular complexity index is 967. The average Bonchev–Trinajstić information content (AvgIpc) is 2.88. The Hall–Kier alpha value is -3.06. The Morgan fingerprint density at radius 1 is 0.971 bits per heavy atom. The summed E-state index contributed by atoms with van der Waals surface area (Å²) >= 11 is 0. The van der Waals surface area contributed by atoms with Crippen LogP contribution < -0.4 is 4.74 Å². The summed E-state index contributed by atoms with van der Waals surface area (Å²) in [5, 5.41) is 11.2. The number of carbonyl (C=O) groups excluding carboxylic acids is 2. The minimum Gasteiger partial charge on any atom is -0.489 e. The normalized spacial score (nSPS) is 17.9. The van der Waals surface area contributed by atoms with Crippen molar-refractivity contribution in [3.63, 3.8) is 0 Å². The van der Waals surface area contributed by atoms with Crippen LogP contribution in [0.25, 0.3) is 0 Å². The first-order chi connectivity index (χ1) is 17.0. The van der Waals surface area contributed by atoms with Crippen LogP contribution in [0.15, 0.2) is 54.6 Å². The van der Waals surface area contributed by atoms with Crippen molar-refractivity contribution in [2.45, 2.75) is 57.2 Å². The predicted molar refractivity (Wildman–Crippen MR) is 133 cm³/mol. The number of carbonyl (C=O) groups is 2. The molecule has 1 atom stereocenters. The van der Waals surface area contributed by atoms with Crippen molar-refractivity contribution in [2.75, 3.05) is 32.8 Å². The molecule has 1 unspecified atom stereocenters. The number of hydrogen-bond donors (Lipinski definition) is 1. The summed E-state index contributed by atoms with van der Waals surface area (Å²) in [7, 11) is 0. The lowest BCUT2D eigenvalue weighted by Crippen LogP contribution is -2.56. The van der Waals surface area contributed by atoms with Crippen molar-refractivity contribution in [1.29, 1.82) is 0 Å². The fraction of sp³-hybridized carbons (Fsp3) is 0.500. The maximum atomic E-state index is 13.6. The lowest BCUT2D eigenvalue weighted by atomic mass is 9.68. The highest BCUT2D eigenvalue weighted by Gasteiger charge is 2.48. The highest BCUT2D eigenvalue weighted by Crippen LogP contribution is 2.44. The molecule has 7 heteroatoms. The number of piperazine rings is 1. The predicted octanol–water partition coefficient (Wildman–Crippen LogP) is 4.35. The van der Waals surface area contributed by atoms with Crippen molar-refractivity contribution in [3.05, 3.63) is 65.7 Å². The Kier molecular flexibility index (Phi) is 8.29. The Labute approximate surface area is 207 Å². The SMILES string of the molecule is CCCCOC(=O)N1CCN(C(=O)C(c2ccc(OCc3ccccc3)cc2)C2(O)CCC2)CC1. The van der Waals surface area contributed by atoms with Crippen LogP contribution in [-0.4, -0.2) is 65.3 Å². The second kappa shape index (κ2) is 11.6. The Morgan fingerprint density at radius 3 is 2.23 bits per heavy atom. The Morgan fingerprint density at radius 2 is 1.63 bits per heavy atom. The van der Waals surface area contributed by atoms with Crippen LogP contribution in [0, 0.1) is 0 Å². The summed E-state index contributed by atoms with van der Waals surface area (Å²) in [6.07, 6.45) is 3.64. The average molecular weight is 481 g/mol. The zero-order valence-electron chi connectivity index (χ0n) is 20.5. The van der Waals surface area contributed by atoms with Crippen LogP contribution in [-0.2, 0) is 16.1 Å². The molecular formula is C28H36N2O5. The largest absolute Gasteiger partial charge is 0.489 e. The van der Waals surface area contributed by atoms with E-state index >= 15 is 0 Å². The summed E-state index contributed by atoms with van der Waals surface area (Å²) in [6.45, 7) is 4.70. The third-order valence-electron chi connectivity index (χ3n) is 7.04. The van der Waals surface area contributed by atoms with Crippen LogP contribution in [0.1, 0.15) is 56.1 Å². The van der Waals surface area contributed by atoms with Gasteiger partial charge < -0.3 is 24.4 Å². The van der Waals surface area contributed by atoms with E-state index in [4.69, 9.17) is 9.47 Å². The van der Waals surface area contributed by atoms with Gasteiger partial charge in [-0.25, -0.2) is 4.79 Å². The monoisotopic (exact) mass is 480 g/mol. The zero-order chi connectivity index (χ0) is 24.7. The first kappa shape index (κ1) is 25.0. The van der Waals surface area contributed by atoms with Gasteiger partial charge >= 0.3 is 6.09 Å². The van der Waals surface area contributed by atoms with Gasteiger partial charge in [-0.3, -0.25) is 4.79 Å². The van der Waals surface area contributed by atoms with E-state index in [1.807, 2.05) is 54.6 Å². The quantitative estimate of drug-likeness (QED) is 0.540. The van der Waals surface area contributed by atoms with E-state index in [1.54, 1.807) is 9.80 Å². The fourth-order valence-electron chi connectivity index (χ4n) is 4.69. The molecule has 2 amide bonds. The summed E-state index contributed by atoms with van der Waals surface area (Å²) in [5.74, 6) is 0.0197. The molecule has 0 spiro atoms. The molecule has 2 aromatic rings. The summed E-state index contributed by atoms with van der Waals surface area (Å²) in [4.78, 5) is 29.3. The van der Waals surface area contributed by atoms with Crippen molar-refractivity contribution >= 4 is 12.0 Å². The number of nitrogens with zero attached hydrogens (tertiary/aromatic N) is 2. The molecule has 1 saturated carbocycles. The molecule has 4 rings (SSSR count). The Balaban J connectivity index is 1.39. The molecular weight excluding hydrogens is 444 g/mol. The van der Waals surface area contributed by atoms with Gasteiger partial charge in [-0.2, -0.15) is 0 Å². The van der Waals surface area contributed by atoms with Crippen LogP contribution in [0.3, 0.4) is 0 Å². The molecule has 0 aromatic heterocycles. The van der Waals surface area contributed by atoms with E-state index in [0.717, 1.165) is 36.1 Å². The number of aliphatic hydroxyl groups is 1. The minimum absolute atomic E-state index is 0.0795. The van der Waals surface area contributed by atoms with Gasteiger partial charge in [-0.05, 0) is 48.9 Å². The summed E-state index contributed by atoms with van der Waals surface area (Å²) in [6, 6.07) is 17.5. The standard InChI is InChI=1S/C28H36N2O5/c1-2-3-20-34-27(32)30-18-16-29(17-19-30)26(31)25(28(33)14-7-15-28)23-10-12-24(13-11-23)35-21-22-8-5-4-6-9-22/h4-6,8-13,25,33H,2-3,7,14-21H2,1H3. The summed E-state index contributed by atoms with van der Waals surface area (Å²) in [5.41, 5.74) is 0.854. The van der Waals surface area contributed by atoms with Gasteiger partial charge in [0.15, 0.2) is 0 Å². The van der Waals surface area contributed by atoms with E-state index in [0.29, 0.717) is 52.2 Å². The number of amides is 2. The van der Waals surface area contributed by atoms with Gasteiger partial charge in [0, 0.05) is 26.2 Å². The highest BCUT2D eigenvalue weighted by atomic mass is 16.6. The molecule has 1 saturated heterocycles. The van der Waals surface area contributed by atoms with Gasteiger partial charge in [-0.15, -0.1) is 0 Å². The molecule has 7 nitrogen and oxygen atoms in total. The van der Waals surface area contributed by atoms with E-state index in [1.165, 1.54) is 0 Å². The zero-order valence-corrected chi connectivity index (χ0v) is 20.5. The van der Waals surface area contributed by atoms with E-state index in [2.05, 4.69) is 6.92 Å². The first-order valence-corrected chi connectivity index (χ1v) is 12.7. The van der Waals surface area contributed by atoms with E-state index < -0.39 is 11.5 Å². The topological polar surface area (TPSA) is 79.3 Å². The first-order valence-electron chi connectivity index (χ1n) is 12.7. The van der Waals surface area contributed by atoms with Crippen LogP contribution in [0.5, 0.6) is 5.75 Å². The number of ether oxygens (including phenoxy) is 2. The van der Waals surface area contributed by atoms with Crippen molar-refractivity contribution < 1.29 is 24.2 Å². The van der Waals surface area contributed by atoms with Crippen LogP contribution >= 0.6 is 0 Å². The second-order valence-corrected chi connectivity index (χ2v) is 9.51. The molecule has 0 radical (unpaired) electrons. The smallest absolute Gasteiger partial charge is 0.409 e. The van der Waals surface area contributed by atoms with Gasteiger partial charge in [-0.1, -0.05) is 55.8 Å². The van der Waals surface area contributed by atoms with E-state index in [-0.39, 0.29) is 12.0 Å². The number of unbranched alkanes of at least 4 members (excludes halogenated alkanes) is 1. The molecule has 0 bridgehead atoms. The fourth-order valence-corrected chi connectivity index (χ4v) is 4.69. The number of hydrogen-bond acceptors (Lipinski definition) is 5. The maximum absolute atomic E-state index is 13.6. The third kappa shape index (κ3) is 6.14. The molecule has 2 fully saturated rings. The lowest BCUT2D eigenvalue weighted by Gasteiger charge is -2.45. The molecule has 2 aliphatic rings. The molecule has 1 heterocycles. The lowest BCUT2D eigenvalue weighted by molar-refractivity contribution is -0.146. The van der Waals surface area contributed by atoms with Crippen molar-refractivity contribution in [1.82, 2.24) is 9.80 Å². The molecule has 1 aliphatic heterocycles. The van der Waals surface area contributed by atoms with Gasteiger partial charge in [0.25, 0.3) is 0 Å². The molecule has 188 valence electrons. The minimum atomic E-state index is -1.03. The molecule has 2 aromatic carbocycles. The molecule has 1 N–H and O–H groups in total. The number of benzene rings is 2. The molecule has 35 heavy (non-hydrogen) atoms. The van der Waals surface area contributed by atoms with Gasteiger partial charge in [0.1, 0.15) is 12.4 Å². The van der Waals surface area contributed by atoms with Gasteiger partial charge in [0.05, 0.1) is 18.1 Å². The summed E-state index contributed by atoms with van der Waals surface area (Å²) < 4.78 is 11.2. The number of rotatable bonds is 9. The third-order valence-corrected chi connectivity index (χ3v) is 7.04. The van der Waals surface area contributed by atoms with E-state index in [9.17, 15) is 14.7 Å². The molecule has 1 aliphatic carbocycles. The second-order valence-electron chi connectivity index (χ2n) is 9.51. The highest BCUT2D eigenvalue weighted by molar-refractivity contribution is 5.85.